The van der Waals surface area contributed by atoms with Gasteiger partial charge in [-0.15, -0.1) is 0 Å². The number of aromatic nitrogens is 2. The van der Waals surface area contributed by atoms with Crippen molar-refractivity contribution in [1.29, 1.82) is 0 Å². The van der Waals surface area contributed by atoms with Crippen LogP contribution in [0.1, 0.15) is 12.7 Å². The average Bonchev–Trinajstić information content (AvgIpc) is 2.87. The number of ether oxygens (including phenoxy) is 1. The molecule has 2 aromatic rings. The molecule has 0 atom stereocenters. The molecule has 0 saturated heterocycles. The van der Waals surface area contributed by atoms with Crippen LogP contribution in [0.3, 0.4) is 0 Å². The molecule has 4 nitrogen and oxygen atoms in total. The maximum atomic E-state index is 12.2. The molecule has 0 saturated carbocycles. The lowest BCUT2D eigenvalue weighted by Crippen LogP contribution is -2.08. The van der Waals surface area contributed by atoms with Crippen LogP contribution in [0.5, 0.6) is 5.75 Å². The van der Waals surface area contributed by atoms with Crippen molar-refractivity contribution in [2.75, 3.05) is 5.32 Å². The summed E-state index contributed by atoms with van der Waals surface area (Å²) in [5.74, 6) is 0.617. The van der Waals surface area contributed by atoms with E-state index in [-0.39, 0.29) is 15.8 Å². The van der Waals surface area contributed by atoms with Gasteiger partial charge >= 0.3 is 6.61 Å². The van der Waals surface area contributed by atoms with Gasteiger partial charge in [-0.1, -0.05) is 23.2 Å². The maximum absolute atomic E-state index is 12.2. The molecule has 1 heterocycles. The van der Waals surface area contributed by atoms with Crippen molar-refractivity contribution in [2.45, 2.75) is 26.6 Å². The Morgan fingerprint density at radius 3 is 2.57 bits per heavy atom. The molecule has 8 heteroatoms. The molecule has 0 amide bonds. The zero-order valence-electron chi connectivity index (χ0n) is 11.1. The summed E-state index contributed by atoms with van der Waals surface area (Å²) in [6, 6.07) is 2.95. The van der Waals surface area contributed by atoms with Gasteiger partial charge in [0, 0.05) is 24.6 Å². The number of imidazole rings is 1. The summed E-state index contributed by atoms with van der Waals surface area (Å²) in [6.45, 7) is 0.299. The standard InChI is InChI=1S/C13H13Cl2F2N3O/c1-2-20-4-3-18-11(20)7-19-8-5-9(14)12(10(15)6-8)21-13(16)17/h3-6,13,19H,2,7H2,1H3. The Balaban J connectivity index is 2.11. The lowest BCUT2D eigenvalue weighted by molar-refractivity contribution is -0.0497. The van der Waals surface area contributed by atoms with Crippen LogP contribution >= 0.6 is 23.2 Å². The van der Waals surface area contributed by atoms with Crippen molar-refractivity contribution in [3.8, 4) is 5.75 Å². The predicted octanol–water partition coefficient (Wildman–Crippen LogP) is 4.42. The highest BCUT2D eigenvalue weighted by molar-refractivity contribution is 6.37. The predicted molar refractivity (Wildman–Crippen MR) is 78.3 cm³/mol. The smallest absolute Gasteiger partial charge is 0.387 e. The molecular formula is C13H13Cl2F2N3O. The number of rotatable bonds is 6. The molecule has 0 bridgehead atoms. The number of alkyl halides is 2. The third kappa shape index (κ3) is 3.98. The summed E-state index contributed by atoms with van der Waals surface area (Å²) in [5, 5.41) is 3.12. The second kappa shape index (κ2) is 6.95. The summed E-state index contributed by atoms with van der Waals surface area (Å²) in [6.07, 6.45) is 3.58. The summed E-state index contributed by atoms with van der Waals surface area (Å²) in [5.41, 5.74) is 0.595. The van der Waals surface area contributed by atoms with E-state index in [9.17, 15) is 8.78 Å². The number of aryl methyl sites for hydroxylation is 1. The van der Waals surface area contributed by atoms with Crippen molar-refractivity contribution in [3.05, 3.63) is 40.4 Å². The van der Waals surface area contributed by atoms with Gasteiger partial charge in [0.1, 0.15) is 5.82 Å². The molecule has 0 spiro atoms. The summed E-state index contributed by atoms with van der Waals surface area (Å²) >= 11 is 11.8. The summed E-state index contributed by atoms with van der Waals surface area (Å²) in [4.78, 5) is 4.21. The Morgan fingerprint density at radius 1 is 1.33 bits per heavy atom. The second-order valence-corrected chi connectivity index (χ2v) is 4.94. The Kier molecular flexibility index (Phi) is 5.25. The van der Waals surface area contributed by atoms with Gasteiger partial charge in [-0.25, -0.2) is 4.98 Å². The number of hydrogen-bond donors (Lipinski definition) is 1. The SMILES string of the molecule is CCn1ccnc1CNc1cc(Cl)c(OC(F)F)c(Cl)c1. The van der Waals surface area contributed by atoms with E-state index in [1.54, 1.807) is 6.20 Å². The Hall–Kier alpha value is -1.53. The second-order valence-electron chi connectivity index (χ2n) is 4.13. The van der Waals surface area contributed by atoms with Crippen LogP contribution in [0.2, 0.25) is 10.0 Å². The number of benzene rings is 1. The molecule has 0 aliphatic rings. The lowest BCUT2D eigenvalue weighted by Gasteiger charge is -2.12. The van der Waals surface area contributed by atoms with Gasteiger partial charge in [0.15, 0.2) is 5.75 Å². The van der Waals surface area contributed by atoms with Gasteiger partial charge in [-0.05, 0) is 19.1 Å². The van der Waals surface area contributed by atoms with E-state index in [1.807, 2.05) is 17.7 Å². The van der Waals surface area contributed by atoms with E-state index < -0.39 is 6.61 Å². The fourth-order valence-corrected chi connectivity index (χ4v) is 2.42. The molecule has 21 heavy (non-hydrogen) atoms. The fraction of sp³-hybridized carbons (Fsp3) is 0.308. The normalized spacial score (nSPS) is 11.0. The number of halogens is 4. The number of hydrogen-bond acceptors (Lipinski definition) is 3. The first-order chi connectivity index (χ1) is 10.0. The zero-order chi connectivity index (χ0) is 15.4. The van der Waals surface area contributed by atoms with Crippen LogP contribution in [-0.2, 0) is 13.1 Å². The fourth-order valence-electron chi connectivity index (χ4n) is 1.84. The molecule has 0 fully saturated rings. The van der Waals surface area contributed by atoms with Gasteiger partial charge in [0.25, 0.3) is 0 Å². The molecule has 0 unspecified atom stereocenters. The largest absolute Gasteiger partial charge is 0.432 e. The Labute approximate surface area is 130 Å². The van der Waals surface area contributed by atoms with E-state index >= 15 is 0 Å². The molecule has 0 aliphatic carbocycles. The number of nitrogens with one attached hydrogen (secondary N) is 1. The van der Waals surface area contributed by atoms with Gasteiger partial charge in [0.2, 0.25) is 0 Å². The summed E-state index contributed by atoms with van der Waals surface area (Å²) < 4.78 is 30.7. The molecule has 1 aromatic heterocycles. The van der Waals surface area contributed by atoms with Gasteiger partial charge in [-0.3, -0.25) is 0 Å². The minimum Gasteiger partial charge on any atom is -0.432 e. The average molecular weight is 336 g/mol. The quantitative estimate of drug-likeness (QED) is 0.849. The molecular weight excluding hydrogens is 323 g/mol. The minimum atomic E-state index is -2.98. The van der Waals surface area contributed by atoms with Crippen LogP contribution in [-0.4, -0.2) is 16.2 Å². The van der Waals surface area contributed by atoms with Crippen LogP contribution in [0, 0.1) is 0 Å². The lowest BCUT2D eigenvalue weighted by atomic mass is 10.3. The first-order valence-corrected chi connectivity index (χ1v) is 6.94. The van der Waals surface area contributed by atoms with Gasteiger partial charge < -0.3 is 14.6 Å². The van der Waals surface area contributed by atoms with Crippen LogP contribution < -0.4 is 10.1 Å². The van der Waals surface area contributed by atoms with Crippen molar-refractivity contribution >= 4 is 28.9 Å². The summed E-state index contributed by atoms with van der Waals surface area (Å²) in [7, 11) is 0. The molecule has 0 radical (unpaired) electrons. The van der Waals surface area contributed by atoms with E-state index in [0.29, 0.717) is 12.2 Å². The first-order valence-electron chi connectivity index (χ1n) is 6.19. The molecule has 114 valence electrons. The highest BCUT2D eigenvalue weighted by Crippen LogP contribution is 2.37. The minimum absolute atomic E-state index is 0.0177. The van der Waals surface area contributed by atoms with Crippen LogP contribution in [0.4, 0.5) is 14.5 Å². The van der Waals surface area contributed by atoms with Crippen LogP contribution in [0.15, 0.2) is 24.5 Å². The molecule has 1 aromatic carbocycles. The van der Waals surface area contributed by atoms with Crippen LogP contribution in [0.25, 0.3) is 0 Å². The molecule has 0 aliphatic heterocycles. The number of anilines is 1. The Bertz CT molecular complexity index is 596. The number of nitrogens with zero attached hydrogens (tertiary/aromatic N) is 2. The highest BCUT2D eigenvalue weighted by Gasteiger charge is 2.14. The van der Waals surface area contributed by atoms with Crippen molar-refractivity contribution in [3.63, 3.8) is 0 Å². The van der Waals surface area contributed by atoms with Crippen molar-refractivity contribution in [1.82, 2.24) is 9.55 Å². The highest BCUT2D eigenvalue weighted by atomic mass is 35.5. The third-order valence-corrected chi connectivity index (χ3v) is 3.36. The van der Waals surface area contributed by atoms with Gasteiger partial charge in [-0.2, -0.15) is 8.78 Å². The first kappa shape index (κ1) is 15.9. The monoisotopic (exact) mass is 335 g/mol. The van der Waals surface area contributed by atoms with E-state index in [4.69, 9.17) is 23.2 Å². The van der Waals surface area contributed by atoms with E-state index in [2.05, 4.69) is 15.0 Å². The maximum Gasteiger partial charge on any atom is 0.387 e. The molecule has 2 rings (SSSR count). The zero-order valence-corrected chi connectivity index (χ0v) is 12.6. The van der Waals surface area contributed by atoms with Crippen molar-refractivity contribution in [2.24, 2.45) is 0 Å². The van der Waals surface area contributed by atoms with Crippen molar-refractivity contribution < 1.29 is 13.5 Å². The Morgan fingerprint density at radius 2 is 2.00 bits per heavy atom. The topological polar surface area (TPSA) is 39.1 Å². The van der Waals surface area contributed by atoms with Gasteiger partial charge in [0.05, 0.1) is 16.6 Å². The third-order valence-electron chi connectivity index (χ3n) is 2.80. The molecule has 1 N–H and O–H groups in total. The van der Waals surface area contributed by atoms with E-state index in [0.717, 1.165) is 12.4 Å². The van der Waals surface area contributed by atoms with E-state index in [1.165, 1.54) is 12.1 Å².